The molecule has 2 heterocycles. The van der Waals surface area contributed by atoms with Crippen molar-refractivity contribution in [3.05, 3.63) is 149 Å². The molecule has 53 heavy (non-hydrogen) atoms. The van der Waals surface area contributed by atoms with Crippen LogP contribution in [0.1, 0.15) is 16.1 Å². The quantitative estimate of drug-likeness (QED) is 0.0550. The highest BCUT2D eigenvalue weighted by Crippen LogP contribution is 2.40. The molecule has 0 spiro atoms. The summed E-state index contributed by atoms with van der Waals surface area (Å²) in [6.07, 6.45) is 0.914. The summed E-state index contributed by atoms with van der Waals surface area (Å²) in [6.45, 7) is 5.26. The Bertz CT molecular complexity index is 2240. The van der Waals surface area contributed by atoms with E-state index in [0.717, 1.165) is 87.4 Å². The van der Waals surface area contributed by atoms with Crippen molar-refractivity contribution in [1.82, 2.24) is 4.57 Å². The molecule has 0 saturated carbocycles. The lowest BCUT2D eigenvalue weighted by Crippen LogP contribution is -2.46. The van der Waals surface area contributed by atoms with E-state index in [1.165, 1.54) is 36.0 Å². The zero-order chi connectivity index (χ0) is 36.9. The van der Waals surface area contributed by atoms with Gasteiger partial charge in [0.15, 0.2) is 6.29 Å². The predicted molar refractivity (Wildman–Crippen MR) is 216 cm³/mol. The lowest BCUT2D eigenvalue weighted by atomic mass is 9.96. The third-order valence-corrected chi connectivity index (χ3v) is 11.1. The summed E-state index contributed by atoms with van der Waals surface area (Å²) in [5.41, 5.74) is 8.58. The molecular weight excluding hydrogens is 708 g/mol. The summed E-state index contributed by atoms with van der Waals surface area (Å²) < 4.78 is 22.2. The molecule has 6 aromatic rings. The van der Waals surface area contributed by atoms with Crippen molar-refractivity contribution in [2.75, 3.05) is 45.4 Å². The molecule has 0 atom stereocenters. The fourth-order valence-corrected chi connectivity index (χ4v) is 7.93. The molecule has 2 N–H and O–H groups in total. The molecule has 1 saturated heterocycles. The van der Waals surface area contributed by atoms with E-state index in [1.807, 2.05) is 79.2 Å². The van der Waals surface area contributed by atoms with Crippen molar-refractivity contribution < 1.29 is 14.1 Å². The minimum Gasteiger partial charge on any atom is -0.368 e. The van der Waals surface area contributed by atoms with E-state index in [2.05, 4.69) is 43.5 Å². The van der Waals surface area contributed by atoms with E-state index < -0.39 is 0 Å². The van der Waals surface area contributed by atoms with Gasteiger partial charge in [0.05, 0.1) is 10.6 Å². The number of nitro benzene ring substituents is 1. The molecule has 1 aliphatic rings. The second-order valence-electron chi connectivity index (χ2n) is 12.6. The fourth-order valence-electron chi connectivity index (χ4n) is 6.56. The smallest absolute Gasteiger partial charge is 0.294 e. The number of nitrogens with one attached hydrogen (secondary N) is 2. The number of piperazine rings is 1. The van der Waals surface area contributed by atoms with Crippen molar-refractivity contribution in [3.8, 4) is 22.4 Å². The van der Waals surface area contributed by atoms with Gasteiger partial charge in [0.25, 0.3) is 5.69 Å². The molecule has 0 amide bonds. The standard InChI is InChI=1S/C41H37FN6O3S2/c1-28-37(27-49)40(41(45(28)2)29-11-13-31(42)14-12-29)30-7-6-8-34(25-30)47-23-21-46(22-24-47)33-17-15-32(16-18-33)43-53-36-19-20-38(39(26-36)48(50)51)44-52-35-9-4-3-5-10-35/h3-20,25-27,43-44H,21-24H2,1-2H3. The van der Waals surface area contributed by atoms with Crippen LogP contribution < -0.4 is 19.2 Å². The molecule has 1 aliphatic heterocycles. The van der Waals surface area contributed by atoms with Gasteiger partial charge in [0.2, 0.25) is 0 Å². The second-order valence-corrected chi connectivity index (χ2v) is 14.4. The number of carbonyl (C=O) groups excluding carboxylic acids is 1. The minimum atomic E-state index is -0.372. The first-order valence-corrected chi connectivity index (χ1v) is 18.7. The number of hydrogen-bond donors (Lipinski definition) is 2. The van der Waals surface area contributed by atoms with Crippen LogP contribution in [0.5, 0.6) is 0 Å². The highest BCUT2D eigenvalue weighted by molar-refractivity contribution is 8.00. The number of rotatable bonds is 12. The van der Waals surface area contributed by atoms with Gasteiger partial charge in [0.1, 0.15) is 11.5 Å². The molecule has 1 fully saturated rings. The highest BCUT2D eigenvalue weighted by atomic mass is 32.2. The minimum absolute atomic E-state index is 0.0112. The molecule has 7 rings (SSSR count). The lowest BCUT2D eigenvalue weighted by Gasteiger charge is -2.37. The first-order valence-electron chi connectivity index (χ1n) is 17.1. The Hall–Kier alpha value is -5.72. The maximum absolute atomic E-state index is 13.8. The van der Waals surface area contributed by atoms with Crippen molar-refractivity contribution in [2.24, 2.45) is 7.05 Å². The number of aromatic nitrogens is 1. The largest absolute Gasteiger partial charge is 0.368 e. The van der Waals surface area contributed by atoms with Gasteiger partial charge in [-0.3, -0.25) is 14.9 Å². The SMILES string of the molecule is Cc1c(C=O)c(-c2cccc(N3CCN(c4ccc(NSc5ccc(NSc6ccccc6)c([N+](=O)[O-])c5)cc4)CC3)c2)c(-c2ccc(F)cc2)n1C. The third kappa shape index (κ3) is 7.88. The molecule has 12 heteroatoms. The monoisotopic (exact) mass is 744 g/mol. The van der Waals surface area contributed by atoms with Gasteiger partial charge in [-0.15, -0.1) is 0 Å². The van der Waals surface area contributed by atoms with Gasteiger partial charge in [-0.25, -0.2) is 4.39 Å². The maximum atomic E-state index is 13.8. The number of carbonyl (C=O) groups is 1. The second kappa shape index (κ2) is 15.9. The summed E-state index contributed by atoms with van der Waals surface area (Å²) in [5.74, 6) is -0.302. The Morgan fingerprint density at radius 1 is 0.736 bits per heavy atom. The summed E-state index contributed by atoms with van der Waals surface area (Å²) in [4.78, 5) is 30.2. The van der Waals surface area contributed by atoms with Crippen molar-refractivity contribution in [2.45, 2.75) is 16.7 Å². The van der Waals surface area contributed by atoms with Gasteiger partial charge in [-0.05, 0) is 127 Å². The molecular formula is C41H37FN6O3S2. The first-order chi connectivity index (χ1) is 25.8. The molecule has 0 bridgehead atoms. The number of anilines is 4. The first kappa shape index (κ1) is 35.7. The normalized spacial score (nSPS) is 12.8. The van der Waals surface area contributed by atoms with Crippen LogP contribution in [0.3, 0.4) is 0 Å². The van der Waals surface area contributed by atoms with Gasteiger partial charge >= 0.3 is 0 Å². The fraction of sp³-hybridized carbons (Fsp3) is 0.146. The van der Waals surface area contributed by atoms with Crippen LogP contribution in [0, 0.1) is 22.9 Å². The van der Waals surface area contributed by atoms with Crippen LogP contribution >= 0.6 is 23.9 Å². The predicted octanol–water partition coefficient (Wildman–Crippen LogP) is 10.1. The number of benzene rings is 5. The summed E-state index contributed by atoms with van der Waals surface area (Å²) in [7, 11) is 1.94. The van der Waals surface area contributed by atoms with Gasteiger partial charge < -0.3 is 23.8 Å². The Balaban J connectivity index is 0.981. The number of aldehydes is 1. The summed E-state index contributed by atoms with van der Waals surface area (Å²) >= 11 is 2.66. The lowest BCUT2D eigenvalue weighted by molar-refractivity contribution is -0.384. The average molecular weight is 745 g/mol. The molecule has 0 radical (unpaired) electrons. The number of nitrogens with zero attached hydrogens (tertiary/aromatic N) is 4. The van der Waals surface area contributed by atoms with Crippen molar-refractivity contribution in [3.63, 3.8) is 0 Å². The summed E-state index contributed by atoms with van der Waals surface area (Å²) in [6, 6.07) is 37.7. The topological polar surface area (TPSA) is 95.7 Å². The Morgan fingerprint density at radius 2 is 1.42 bits per heavy atom. The van der Waals surface area contributed by atoms with E-state index in [1.54, 1.807) is 24.3 Å². The van der Waals surface area contributed by atoms with Crippen molar-refractivity contribution >= 4 is 58.6 Å². The van der Waals surface area contributed by atoms with Gasteiger partial charge in [-0.2, -0.15) is 0 Å². The number of hydrogen-bond acceptors (Lipinski definition) is 9. The third-order valence-electron chi connectivity index (χ3n) is 9.46. The van der Waals surface area contributed by atoms with Crippen molar-refractivity contribution in [1.29, 1.82) is 0 Å². The van der Waals surface area contributed by atoms with Crippen LogP contribution in [-0.4, -0.2) is 42.0 Å². The zero-order valence-electron chi connectivity index (χ0n) is 29.2. The summed E-state index contributed by atoms with van der Waals surface area (Å²) in [5, 5.41) is 11.8. The Morgan fingerprint density at radius 3 is 2.09 bits per heavy atom. The van der Waals surface area contributed by atoms with E-state index in [-0.39, 0.29) is 16.4 Å². The van der Waals surface area contributed by atoms with Crippen LogP contribution in [0.15, 0.2) is 131 Å². The Kier molecular flexibility index (Phi) is 10.7. The van der Waals surface area contributed by atoms with Crippen LogP contribution in [0.25, 0.3) is 22.4 Å². The number of halogens is 1. The van der Waals surface area contributed by atoms with E-state index in [0.29, 0.717) is 11.3 Å². The zero-order valence-corrected chi connectivity index (χ0v) is 30.8. The molecule has 0 unspecified atom stereocenters. The van der Waals surface area contributed by atoms with E-state index >= 15 is 0 Å². The number of nitro groups is 1. The van der Waals surface area contributed by atoms with Gasteiger partial charge in [0, 0.05) is 83.0 Å². The van der Waals surface area contributed by atoms with Crippen LogP contribution in [0.4, 0.5) is 32.8 Å². The van der Waals surface area contributed by atoms with E-state index in [9.17, 15) is 19.3 Å². The molecule has 9 nitrogen and oxygen atoms in total. The van der Waals surface area contributed by atoms with E-state index in [4.69, 9.17) is 0 Å². The highest BCUT2D eigenvalue weighted by Gasteiger charge is 2.23. The molecule has 0 aliphatic carbocycles. The van der Waals surface area contributed by atoms with Crippen LogP contribution in [-0.2, 0) is 7.05 Å². The Labute approximate surface area is 316 Å². The maximum Gasteiger partial charge on any atom is 0.294 e. The molecule has 268 valence electrons. The molecule has 5 aromatic carbocycles. The van der Waals surface area contributed by atoms with Gasteiger partial charge in [-0.1, -0.05) is 30.3 Å². The van der Waals surface area contributed by atoms with Crippen LogP contribution in [0.2, 0.25) is 0 Å². The average Bonchev–Trinajstić information content (AvgIpc) is 3.46. The molecule has 1 aromatic heterocycles.